The van der Waals surface area contributed by atoms with Crippen LogP contribution in [-0.4, -0.2) is 66.3 Å². The number of phosphoric acid groups is 1. The molecule has 0 saturated carbocycles. The Morgan fingerprint density at radius 1 is 0.456 bits per heavy atom. The topological polar surface area (TPSA) is 132 Å². The second-order valence-corrected chi connectivity index (χ2v) is 18.2. The van der Waals surface area contributed by atoms with E-state index in [-0.39, 0.29) is 13.0 Å². The average molecular weight is 967 g/mol. The van der Waals surface area contributed by atoms with Gasteiger partial charge in [0.1, 0.15) is 12.2 Å². The van der Waals surface area contributed by atoms with Gasteiger partial charge in [-0.05, 0) is 109 Å². The van der Waals surface area contributed by atoms with Gasteiger partial charge in [0.15, 0.2) is 0 Å². The molecule has 0 heterocycles. The van der Waals surface area contributed by atoms with Crippen molar-refractivity contribution in [2.75, 3.05) is 33.0 Å². The predicted octanol–water partition coefficient (Wildman–Crippen LogP) is 15.7. The summed E-state index contributed by atoms with van der Waals surface area (Å²) in [6.45, 7) is 3.15. The predicted molar refractivity (Wildman–Crippen MR) is 287 cm³/mol. The van der Waals surface area contributed by atoms with Crippen molar-refractivity contribution in [3.8, 4) is 0 Å². The van der Waals surface area contributed by atoms with Gasteiger partial charge in [-0.3, -0.25) is 13.8 Å². The maximum absolute atomic E-state index is 12.7. The number of carbonyl (C=O) groups is 1. The van der Waals surface area contributed by atoms with Gasteiger partial charge in [-0.15, -0.1) is 0 Å². The summed E-state index contributed by atoms with van der Waals surface area (Å²) >= 11 is 0. The largest absolute Gasteiger partial charge is 0.472 e. The molecule has 3 atom stereocenters. The van der Waals surface area contributed by atoms with Crippen molar-refractivity contribution in [1.82, 2.24) is 0 Å². The summed E-state index contributed by atoms with van der Waals surface area (Å²) in [5.74, 6) is -0.408. The van der Waals surface area contributed by atoms with Crippen molar-refractivity contribution in [1.29, 1.82) is 0 Å². The zero-order valence-corrected chi connectivity index (χ0v) is 43.4. The van der Waals surface area contributed by atoms with Crippen LogP contribution in [0.25, 0.3) is 0 Å². The molecule has 0 aromatic heterocycles. The minimum Gasteiger partial charge on any atom is -0.457 e. The highest BCUT2D eigenvalue weighted by Gasteiger charge is 2.26. The Morgan fingerprint density at radius 2 is 0.794 bits per heavy atom. The first kappa shape index (κ1) is 64.6. The van der Waals surface area contributed by atoms with Crippen LogP contribution in [0.4, 0.5) is 0 Å². The Morgan fingerprint density at radius 3 is 1.19 bits per heavy atom. The number of phosphoric ester groups is 1. The van der Waals surface area contributed by atoms with E-state index in [1.807, 2.05) is 0 Å². The minimum absolute atomic E-state index is 0.00790. The zero-order valence-electron chi connectivity index (χ0n) is 42.5. The molecule has 0 saturated heterocycles. The molecule has 9 nitrogen and oxygen atoms in total. The van der Waals surface area contributed by atoms with Crippen LogP contribution in [0.1, 0.15) is 181 Å². The molecule has 0 fully saturated rings. The number of ether oxygens (including phenoxy) is 2. The number of aliphatic hydroxyl groups is 2. The molecule has 0 amide bonds. The van der Waals surface area contributed by atoms with Crippen LogP contribution in [0.5, 0.6) is 0 Å². The molecule has 0 spiro atoms. The first-order valence-corrected chi connectivity index (χ1v) is 27.7. The van der Waals surface area contributed by atoms with Crippen LogP contribution in [-0.2, 0) is 27.9 Å². The number of aliphatic hydroxyl groups excluding tert-OH is 2. The van der Waals surface area contributed by atoms with E-state index in [1.165, 1.54) is 38.5 Å². The molecule has 0 aromatic rings. The van der Waals surface area contributed by atoms with E-state index < -0.39 is 45.8 Å². The summed E-state index contributed by atoms with van der Waals surface area (Å²) in [5.41, 5.74) is 0. The van der Waals surface area contributed by atoms with Crippen molar-refractivity contribution >= 4 is 13.8 Å². The fourth-order valence-corrected chi connectivity index (χ4v) is 7.23. The highest BCUT2D eigenvalue weighted by atomic mass is 31.2. The third-order valence-corrected chi connectivity index (χ3v) is 11.3. The summed E-state index contributed by atoms with van der Waals surface area (Å²) in [7, 11) is -4.55. The molecular weight excluding hydrogens is 872 g/mol. The van der Waals surface area contributed by atoms with E-state index in [0.29, 0.717) is 13.0 Å². The lowest BCUT2D eigenvalue weighted by Crippen LogP contribution is -2.29. The van der Waals surface area contributed by atoms with Gasteiger partial charge in [0.05, 0.1) is 26.4 Å². The molecule has 0 aliphatic carbocycles. The van der Waals surface area contributed by atoms with Crippen molar-refractivity contribution in [2.24, 2.45) is 0 Å². The van der Waals surface area contributed by atoms with Gasteiger partial charge in [-0.1, -0.05) is 199 Å². The second-order valence-electron chi connectivity index (χ2n) is 16.8. The maximum Gasteiger partial charge on any atom is 0.472 e. The molecule has 0 aliphatic rings. The molecule has 0 aliphatic heterocycles. The van der Waals surface area contributed by atoms with Gasteiger partial charge in [0.25, 0.3) is 0 Å². The van der Waals surface area contributed by atoms with E-state index in [1.54, 1.807) is 0 Å². The Bertz CT molecular complexity index is 1520. The fraction of sp³-hybridized carbons (Fsp3) is 0.603. The summed E-state index contributed by atoms with van der Waals surface area (Å²) in [5, 5.41) is 18.4. The molecule has 10 heteroatoms. The number of allylic oxidation sites excluding steroid dienone is 22. The Hall–Kier alpha value is -3.40. The monoisotopic (exact) mass is 967 g/mol. The minimum atomic E-state index is -4.55. The Kier molecular flexibility index (Phi) is 50.3. The van der Waals surface area contributed by atoms with Crippen LogP contribution < -0.4 is 0 Å². The fourth-order valence-electron chi connectivity index (χ4n) is 6.44. The first-order valence-electron chi connectivity index (χ1n) is 26.2. The van der Waals surface area contributed by atoms with Gasteiger partial charge in [0.2, 0.25) is 0 Å². The number of unbranched alkanes of at least 4 members (excludes halogenated alkanes) is 12. The van der Waals surface area contributed by atoms with Gasteiger partial charge in [-0.25, -0.2) is 4.57 Å². The molecular formula is C58H95O9P. The van der Waals surface area contributed by atoms with Crippen LogP contribution in [0, 0.1) is 0 Å². The standard InChI is InChI=1S/C58H95O9P/c1-3-5-7-9-11-13-15-17-19-21-23-25-27-29-31-33-35-37-39-41-43-45-47-49-51-64-54-57(55-66-68(62,63)65-53-56(60)52-59)67-58(61)50-48-46-44-42-40-38-36-34-32-30-28-26-24-22-20-18-16-14-12-10-8-6-4-2/h5-8,11-14,17-20,23-26,29,31,35,37,41,43,56-57,59-60H,3-4,9-10,15-16,21-22,27-28,30,32-34,36,38-40,42,44-55H2,1-2H3,(H,62,63)/b7-5-,8-6-,13-11-,14-12-,19-17-,20-18-,25-23-,26-24-,31-29-,37-35-,43-41-. The lowest BCUT2D eigenvalue weighted by molar-refractivity contribution is -0.154. The third-order valence-electron chi connectivity index (χ3n) is 10.3. The van der Waals surface area contributed by atoms with Crippen LogP contribution in [0.2, 0.25) is 0 Å². The summed E-state index contributed by atoms with van der Waals surface area (Å²) in [6.07, 6.45) is 72.8. The van der Waals surface area contributed by atoms with Crippen molar-refractivity contribution < 1.29 is 43.0 Å². The molecule has 0 rings (SSSR count). The molecule has 3 unspecified atom stereocenters. The van der Waals surface area contributed by atoms with E-state index in [2.05, 4.69) is 148 Å². The average Bonchev–Trinajstić information content (AvgIpc) is 3.33. The quantitative estimate of drug-likeness (QED) is 0.0236. The van der Waals surface area contributed by atoms with Gasteiger partial charge < -0.3 is 24.6 Å². The number of hydrogen-bond acceptors (Lipinski definition) is 8. The molecule has 0 radical (unpaired) electrons. The molecule has 68 heavy (non-hydrogen) atoms. The number of rotatable bonds is 48. The van der Waals surface area contributed by atoms with E-state index >= 15 is 0 Å². The SMILES string of the molecule is CC/C=C\C/C=C\C/C=C\C/C=C\C/C=C\C/C=C\C/C=C\CCCCOCC(COP(=O)(O)OCC(O)CO)OC(=O)CCCCCCCCCCCC/C=C\C/C=C\C/C=C\C/C=C\CC. The van der Waals surface area contributed by atoms with Crippen LogP contribution in [0.15, 0.2) is 134 Å². The van der Waals surface area contributed by atoms with Gasteiger partial charge in [0, 0.05) is 13.0 Å². The maximum atomic E-state index is 12.7. The van der Waals surface area contributed by atoms with Gasteiger partial charge >= 0.3 is 13.8 Å². The first-order chi connectivity index (χ1) is 33.3. The number of carbonyl (C=O) groups excluding carboxylic acids is 1. The summed E-state index contributed by atoms with van der Waals surface area (Å²) in [6, 6.07) is 0. The van der Waals surface area contributed by atoms with E-state index in [9.17, 15) is 19.4 Å². The third kappa shape index (κ3) is 52.0. The highest BCUT2D eigenvalue weighted by Crippen LogP contribution is 2.43. The van der Waals surface area contributed by atoms with E-state index in [0.717, 1.165) is 116 Å². The van der Waals surface area contributed by atoms with Crippen LogP contribution in [0.3, 0.4) is 0 Å². The zero-order chi connectivity index (χ0) is 49.5. The van der Waals surface area contributed by atoms with E-state index in [4.69, 9.17) is 23.6 Å². The van der Waals surface area contributed by atoms with Crippen LogP contribution >= 0.6 is 7.82 Å². The van der Waals surface area contributed by atoms with Crippen molar-refractivity contribution in [3.05, 3.63) is 134 Å². The lowest BCUT2D eigenvalue weighted by Gasteiger charge is -2.20. The summed E-state index contributed by atoms with van der Waals surface area (Å²) < 4.78 is 33.5. The number of hydrogen-bond donors (Lipinski definition) is 3. The molecule has 0 aromatic carbocycles. The number of esters is 1. The Labute approximate surface area is 415 Å². The van der Waals surface area contributed by atoms with Gasteiger partial charge in [-0.2, -0.15) is 0 Å². The van der Waals surface area contributed by atoms with Crippen molar-refractivity contribution in [3.63, 3.8) is 0 Å². The highest BCUT2D eigenvalue weighted by molar-refractivity contribution is 7.47. The Balaban J connectivity index is 4.21. The van der Waals surface area contributed by atoms with Crippen molar-refractivity contribution in [2.45, 2.75) is 193 Å². The molecule has 0 bridgehead atoms. The second kappa shape index (κ2) is 53.0. The molecule has 3 N–H and O–H groups in total. The smallest absolute Gasteiger partial charge is 0.457 e. The summed E-state index contributed by atoms with van der Waals surface area (Å²) in [4.78, 5) is 22.7. The molecule has 386 valence electrons. The lowest BCUT2D eigenvalue weighted by atomic mass is 10.0. The normalized spacial score (nSPS) is 14.8.